The van der Waals surface area contributed by atoms with Crippen LogP contribution in [0.15, 0.2) is 0 Å². The van der Waals surface area contributed by atoms with Crippen LogP contribution in [0.1, 0.15) is 72.1 Å². The molecule has 1 fully saturated rings. The topological polar surface area (TPSA) is 15.3 Å². The van der Waals surface area contributed by atoms with Gasteiger partial charge in [-0.1, -0.05) is 27.2 Å². The summed E-state index contributed by atoms with van der Waals surface area (Å²) < 4.78 is 0. The first-order valence-corrected chi connectivity index (χ1v) is 8.29. The zero-order valence-corrected chi connectivity index (χ0v) is 12.9. The molecule has 0 aliphatic heterocycles. The summed E-state index contributed by atoms with van der Waals surface area (Å²) in [7, 11) is 0. The van der Waals surface area contributed by atoms with Crippen LogP contribution in [0.3, 0.4) is 0 Å². The summed E-state index contributed by atoms with van der Waals surface area (Å²) in [5, 5.41) is 3.66. The maximum absolute atomic E-state index is 3.66. The maximum atomic E-state index is 3.66. The lowest BCUT2D eigenvalue weighted by Gasteiger charge is -2.23. The third kappa shape index (κ3) is 6.75. The van der Waals surface area contributed by atoms with Crippen molar-refractivity contribution in [3.8, 4) is 0 Å². The van der Waals surface area contributed by atoms with Crippen LogP contribution in [0.25, 0.3) is 0 Å². The van der Waals surface area contributed by atoms with Gasteiger partial charge in [-0.05, 0) is 64.6 Å². The van der Waals surface area contributed by atoms with Gasteiger partial charge in [-0.25, -0.2) is 0 Å². The molecule has 0 saturated heterocycles. The SMILES string of the molecule is CCCCN(CCCC(CC)NCCC)C1CC1. The van der Waals surface area contributed by atoms with E-state index in [1.807, 2.05) is 0 Å². The van der Waals surface area contributed by atoms with Crippen LogP contribution < -0.4 is 5.32 Å². The molecular weight excluding hydrogens is 220 g/mol. The van der Waals surface area contributed by atoms with Gasteiger partial charge in [0.2, 0.25) is 0 Å². The van der Waals surface area contributed by atoms with Crippen molar-refractivity contribution in [3.63, 3.8) is 0 Å². The molecule has 0 aromatic carbocycles. The number of nitrogens with one attached hydrogen (secondary N) is 1. The summed E-state index contributed by atoms with van der Waals surface area (Å²) in [5.41, 5.74) is 0. The van der Waals surface area contributed by atoms with Gasteiger partial charge in [0.25, 0.3) is 0 Å². The average Bonchev–Trinajstić information content (AvgIpc) is 3.21. The van der Waals surface area contributed by atoms with E-state index < -0.39 is 0 Å². The molecule has 0 aromatic heterocycles. The Balaban J connectivity index is 2.12. The Labute approximate surface area is 115 Å². The molecule has 1 N–H and O–H groups in total. The Morgan fingerprint density at radius 2 is 1.78 bits per heavy atom. The van der Waals surface area contributed by atoms with E-state index in [4.69, 9.17) is 0 Å². The molecule has 0 aromatic rings. The van der Waals surface area contributed by atoms with Crippen molar-refractivity contribution in [1.29, 1.82) is 0 Å². The van der Waals surface area contributed by atoms with E-state index in [1.54, 1.807) is 0 Å². The van der Waals surface area contributed by atoms with E-state index in [1.165, 1.54) is 71.0 Å². The lowest BCUT2D eigenvalue weighted by Crippen LogP contribution is -2.32. The van der Waals surface area contributed by atoms with Crippen LogP contribution in [0.5, 0.6) is 0 Å². The van der Waals surface area contributed by atoms with Crippen molar-refractivity contribution in [1.82, 2.24) is 10.2 Å². The number of hydrogen-bond acceptors (Lipinski definition) is 2. The molecule has 1 atom stereocenters. The Hall–Kier alpha value is -0.0800. The van der Waals surface area contributed by atoms with Crippen molar-refractivity contribution in [2.75, 3.05) is 19.6 Å². The molecule has 0 heterocycles. The van der Waals surface area contributed by atoms with E-state index in [0.717, 1.165) is 12.1 Å². The molecule has 108 valence electrons. The molecule has 0 amide bonds. The molecule has 2 nitrogen and oxygen atoms in total. The summed E-state index contributed by atoms with van der Waals surface area (Å²) >= 11 is 0. The monoisotopic (exact) mass is 254 g/mol. The second-order valence-electron chi connectivity index (χ2n) is 5.82. The average molecular weight is 254 g/mol. The van der Waals surface area contributed by atoms with Crippen LogP contribution >= 0.6 is 0 Å². The van der Waals surface area contributed by atoms with Gasteiger partial charge >= 0.3 is 0 Å². The van der Waals surface area contributed by atoms with Crippen LogP contribution in [0, 0.1) is 0 Å². The summed E-state index contributed by atoms with van der Waals surface area (Å²) in [4.78, 5) is 2.75. The summed E-state index contributed by atoms with van der Waals surface area (Å²) in [6.45, 7) is 10.7. The van der Waals surface area contributed by atoms with Crippen molar-refractivity contribution in [2.45, 2.75) is 84.2 Å². The Morgan fingerprint density at radius 3 is 2.33 bits per heavy atom. The first-order valence-electron chi connectivity index (χ1n) is 8.29. The zero-order chi connectivity index (χ0) is 13.2. The zero-order valence-electron chi connectivity index (χ0n) is 12.9. The minimum Gasteiger partial charge on any atom is -0.314 e. The molecule has 1 aliphatic rings. The van der Waals surface area contributed by atoms with Crippen molar-refractivity contribution in [3.05, 3.63) is 0 Å². The van der Waals surface area contributed by atoms with Gasteiger partial charge in [0.1, 0.15) is 0 Å². The fraction of sp³-hybridized carbons (Fsp3) is 1.00. The minimum absolute atomic E-state index is 0.747. The van der Waals surface area contributed by atoms with Crippen molar-refractivity contribution >= 4 is 0 Å². The molecule has 0 bridgehead atoms. The Kier molecular flexibility index (Phi) is 8.70. The summed E-state index contributed by atoms with van der Waals surface area (Å²) in [6.07, 6.45) is 10.9. The minimum atomic E-state index is 0.747. The standard InChI is InChI=1S/C16H34N2/c1-4-7-13-18(16-10-11-16)14-8-9-15(6-3)17-12-5-2/h15-17H,4-14H2,1-3H3. The first kappa shape index (κ1) is 16.0. The number of unbranched alkanes of at least 4 members (excludes halogenated alkanes) is 1. The van der Waals surface area contributed by atoms with Crippen molar-refractivity contribution in [2.24, 2.45) is 0 Å². The van der Waals surface area contributed by atoms with Crippen LogP contribution in [0.4, 0.5) is 0 Å². The van der Waals surface area contributed by atoms with Crippen LogP contribution in [-0.4, -0.2) is 36.6 Å². The van der Waals surface area contributed by atoms with E-state index in [-0.39, 0.29) is 0 Å². The van der Waals surface area contributed by atoms with Gasteiger partial charge in [0.15, 0.2) is 0 Å². The van der Waals surface area contributed by atoms with Gasteiger partial charge in [-0.3, -0.25) is 0 Å². The first-order chi connectivity index (χ1) is 8.81. The highest BCUT2D eigenvalue weighted by Crippen LogP contribution is 2.27. The molecular formula is C16H34N2. The van der Waals surface area contributed by atoms with E-state index in [2.05, 4.69) is 31.0 Å². The number of nitrogens with zero attached hydrogens (tertiary/aromatic N) is 1. The normalized spacial score (nSPS) is 17.3. The molecule has 1 rings (SSSR count). The third-order valence-electron chi connectivity index (χ3n) is 4.04. The van der Waals surface area contributed by atoms with E-state index >= 15 is 0 Å². The third-order valence-corrected chi connectivity index (χ3v) is 4.04. The highest BCUT2D eigenvalue weighted by atomic mass is 15.2. The quantitative estimate of drug-likeness (QED) is 0.570. The molecule has 18 heavy (non-hydrogen) atoms. The Bertz CT molecular complexity index is 190. The fourth-order valence-corrected chi connectivity index (χ4v) is 2.62. The lowest BCUT2D eigenvalue weighted by atomic mass is 10.1. The predicted octanol–water partition coefficient (Wildman–Crippen LogP) is 3.81. The lowest BCUT2D eigenvalue weighted by molar-refractivity contribution is 0.248. The van der Waals surface area contributed by atoms with Gasteiger partial charge in [0.05, 0.1) is 0 Å². The maximum Gasteiger partial charge on any atom is 0.00964 e. The van der Waals surface area contributed by atoms with Gasteiger partial charge in [0, 0.05) is 12.1 Å². The van der Waals surface area contributed by atoms with E-state index in [9.17, 15) is 0 Å². The Morgan fingerprint density at radius 1 is 1.06 bits per heavy atom. The van der Waals surface area contributed by atoms with Gasteiger partial charge < -0.3 is 10.2 Å². The van der Waals surface area contributed by atoms with Crippen LogP contribution in [0.2, 0.25) is 0 Å². The predicted molar refractivity (Wildman–Crippen MR) is 81.1 cm³/mol. The molecule has 1 aliphatic carbocycles. The second-order valence-corrected chi connectivity index (χ2v) is 5.82. The van der Waals surface area contributed by atoms with E-state index in [0.29, 0.717) is 0 Å². The van der Waals surface area contributed by atoms with Crippen LogP contribution in [-0.2, 0) is 0 Å². The van der Waals surface area contributed by atoms with Crippen molar-refractivity contribution < 1.29 is 0 Å². The summed E-state index contributed by atoms with van der Waals surface area (Å²) in [6, 6.07) is 1.69. The molecule has 1 unspecified atom stereocenters. The molecule has 1 saturated carbocycles. The number of rotatable bonds is 12. The fourth-order valence-electron chi connectivity index (χ4n) is 2.62. The van der Waals surface area contributed by atoms with Gasteiger partial charge in [-0.2, -0.15) is 0 Å². The highest BCUT2D eigenvalue weighted by molar-refractivity contribution is 4.84. The van der Waals surface area contributed by atoms with Gasteiger partial charge in [-0.15, -0.1) is 0 Å². The second kappa shape index (κ2) is 9.80. The molecule has 0 radical (unpaired) electrons. The number of hydrogen-bond donors (Lipinski definition) is 1. The largest absolute Gasteiger partial charge is 0.314 e. The molecule has 0 spiro atoms. The summed E-state index contributed by atoms with van der Waals surface area (Å²) in [5.74, 6) is 0. The highest BCUT2D eigenvalue weighted by Gasteiger charge is 2.27. The molecule has 2 heteroatoms. The smallest absolute Gasteiger partial charge is 0.00964 e.